The van der Waals surface area contributed by atoms with Gasteiger partial charge in [-0.2, -0.15) is 0 Å². The van der Waals surface area contributed by atoms with Crippen molar-refractivity contribution in [2.45, 2.75) is 32.6 Å². The number of carbonyl (C=O) groups is 2. The van der Waals surface area contributed by atoms with Crippen LogP contribution in [-0.2, 0) is 19.1 Å². The van der Waals surface area contributed by atoms with Gasteiger partial charge in [0.05, 0.1) is 13.2 Å². The van der Waals surface area contributed by atoms with Crippen molar-refractivity contribution >= 4 is 11.9 Å². The molecule has 0 N–H and O–H groups in total. The van der Waals surface area contributed by atoms with E-state index >= 15 is 0 Å². The number of hydrogen-bond acceptors (Lipinski definition) is 4. The zero-order valence-electron chi connectivity index (χ0n) is 12.5. The second-order valence-corrected chi connectivity index (χ2v) is 5.18. The molecule has 4 nitrogen and oxygen atoms in total. The Labute approximate surface area is 125 Å². The smallest absolute Gasteiger partial charge is 0.323 e. The average Bonchev–Trinajstić information content (AvgIpc) is 2.95. The first kappa shape index (κ1) is 15.5. The molecule has 21 heavy (non-hydrogen) atoms. The van der Waals surface area contributed by atoms with E-state index in [2.05, 4.69) is 0 Å². The molecule has 4 heteroatoms. The van der Waals surface area contributed by atoms with Gasteiger partial charge in [-0.25, -0.2) is 0 Å². The third kappa shape index (κ3) is 3.09. The molecule has 1 aliphatic carbocycles. The normalized spacial score (nSPS) is 20.0. The summed E-state index contributed by atoms with van der Waals surface area (Å²) in [5.41, 5.74) is -0.0834. The molecule has 0 saturated heterocycles. The van der Waals surface area contributed by atoms with Crippen LogP contribution < -0.4 is 0 Å². The number of benzene rings is 1. The second-order valence-electron chi connectivity index (χ2n) is 5.18. The molecule has 0 spiro atoms. The first-order valence-corrected chi connectivity index (χ1v) is 7.36. The maximum atomic E-state index is 12.3. The third-order valence-corrected chi connectivity index (χ3v) is 3.88. The van der Waals surface area contributed by atoms with Crippen LogP contribution in [0.15, 0.2) is 30.3 Å². The quantitative estimate of drug-likeness (QED) is 0.618. The van der Waals surface area contributed by atoms with E-state index in [0.717, 1.165) is 5.56 Å². The molecule has 0 heterocycles. The van der Waals surface area contributed by atoms with Crippen molar-refractivity contribution in [2.24, 2.45) is 5.41 Å². The Balaban J connectivity index is 2.23. The molecule has 0 aliphatic heterocycles. The van der Waals surface area contributed by atoms with E-state index in [1.165, 1.54) is 0 Å². The van der Waals surface area contributed by atoms with Gasteiger partial charge in [-0.15, -0.1) is 0 Å². The minimum atomic E-state index is -1.19. The molecule has 1 radical (unpaired) electrons. The monoisotopic (exact) mass is 289 g/mol. The van der Waals surface area contributed by atoms with Crippen LogP contribution in [-0.4, -0.2) is 25.2 Å². The summed E-state index contributed by atoms with van der Waals surface area (Å²) >= 11 is 0. The van der Waals surface area contributed by atoms with Crippen molar-refractivity contribution in [2.75, 3.05) is 13.2 Å². The molecule has 0 aromatic heterocycles. The lowest BCUT2D eigenvalue weighted by Gasteiger charge is -2.24. The fourth-order valence-corrected chi connectivity index (χ4v) is 2.79. The topological polar surface area (TPSA) is 52.6 Å². The van der Waals surface area contributed by atoms with Crippen molar-refractivity contribution in [1.82, 2.24) is 0 Å². The highest BCUT2D eigenvalue weighted by atomic mass is 16.6. The molecule has 1 atom stereocenters. The van der Waals surface area contributed by atoms with Crippen LogP contribution >= 0.6 is 0 Å². The minimum Gasteiger partial charge on any atom is -0.465 e. The Morgan fingerprint density at radius 3 is 2.19 bits per heavy atom. The number of rotatable bonds is 5. The summed E-state index contributed by atoms with van der Waals surface area (Å²) in [6.07, 6.45) is 2.79. The third-order valence-electron chi connectivity index (χ3n) is 3.88. The van der Waals surface area contributed by atoms with E-state index in [1.807, 2.05) is 36.8 Å². The molecule has 1 aliphatic rings. The van der Waals surface area contributed by atoms with Crippen molar-refractivity contribution in [3.63, 3.8) is 0 Å². The van der Waals surface area contributed by atoms with Gasteiger partial charge in [-0.05, 0) is 44.6 Å². The molecule has 0 bridgehead atoms. The van der Waals surface area contributed by atoms with Gasteiger partial charge in [-0.1, -0.05) is 30.3 Å². The summed E-state index contributed by atoms with van der Waals surface area (Å²) in [7, 11) is 0. The Hall–Kier alpha value is -1.84. The van der Waals surface area contributed by atoms with Crippen molar-refractivity contribution in [3.8, 4) is 0 Å². The number of ether oxygens (including phenoxy) is 2. The van der Waals surface area contributed by atoms with E-state index in [1.54, 1.807) is 13.8 Å². The largest absolute Gasteiger partial charge is 0.465 e. The summed E-state index contributed by atoms with van der Waals surface area (Å²) in [5.74, 6) is -0.878. The lowest BCUT2D eigenvalue weighted by Crippen LogP contribution is -2.40. The van der Waals surface area contributed by atoms with Crippen molar-refractivity contribution in [3.05, 3.63) is 42.3 Å². The molecule has 113 valence electrons. The summed E-state index contributed by atoms with van der Waals surface area (Å²) in [5, 5.41) is 0. The highest BCUT2D eigenvalue weighted by Gasteiger charge is 2.54. The fraction of sp³-hybridized carbons (Fsp3) is 0.471. The van der Waals surface area contributed by atoms with Gasteiger partial charge in [0, 0.05) is 0 Å². The number of hydrogen-bond donors (Lipinski definition) is 0. The second kappa shape index (κ2) is 6.74. The predicted octanol–water partition coefficient (Wildman–Crippen LogP) is 2.88. The van der Waals surface area contributed by atoms with E-state index in [4.69, 9.17) is 9.47 Å². The first-order chi connectivity index (χ1) is 10.1. The summed E-state index contributed by atoms with van der Waals surface area (Å²) < 4.78 is 10.2. The van der Waals surface area contributed by atoms with Crippen LogP contribution in [0.2, 0.25) is 0 Å². The summed E-state index contributed by atoms with van der Waals surface area (Å²) in [4.78, 5) is 24.6. The maximum Gasteiger partial charge on any atom is 0.323 e. The molecule has 1 aromatic carbocycles. The summed E-state index contributed by atoms with van der Waals surface area (Å²) in [6.45, 7) is 4.00. The van der Waals surface area contributed by atoms with Gasteiger partial charge in [0.25, 0.3) is 0 Å². The molecular formula is C17H21O4. The lowest BCUT2D eigenvalue weighted by molar-refractivity contribution is -0.171. The maximum absolute atomic E-state index is 12.3. The zero-order valence-corrected chi connectivity index (χ0v) is 12.5. The molecule has 0 amide bonds. The van der Waals surface area contributed by atoms with Gasteiger partial charge < -0.3 is 9.47 Å². The first-order valence-electron chi connectivity index (χ1n) is 7.36. The SMILES string of the molecule is CCOC(=O)C1(C(=O)OCC)C[CH]C(c2ccccc2)C1. The lowest BCUT2D eigenvalue weighted by atomic mass is 9.84. The van der Waals surface area contributed by atoms with E-state index in [9.17, 15) is 9.59 Å². The van der Waals surface area contributed by atoms with Crippen LogP contribution in [0.25, 0.3) is 0 Å². The van der Waals surface area contributed by atoms with Crippen LogP contribution in [0.4, 0.5) is 0 Å². The van der Waals surface area contributed by atoms with Crippen LogP contribution in [0.3, 0.4) is 0 Å². The van der Waals surface area contributed by atoms with Crippen LogP contribution in [0, 0.1) is 11.8 Å². The highest BCUT2D eigenvalue weighted by molar-refractivity contribution is 6.01. The van der Waals surface area contributed by atoms with E-state index in [-0.39, 0.29) is 19.1 Å². The molecule has 1 saturated carbocycles. The molecule has 1 unspecified atom stereocenters. The standard InChI is InChI=1S/C17H21O4/c1-3-20-15(18)17(16(19)21-4-2)11-10-14(12-17)13-8-6-5-7-9-13/h5-10,14H,3-4,11-12H2,1-2H3. The van der Waals surface area contributed by atoms with Crippen molar-refractivity contribution in [1.29, 1.82) is 0 Å². The van der Waals surface area contributed by atoms with Gasteiger partial charge in [0.15, 0.2) is 5.41 Å². The Kier molecular flexibility index (Phi) is 4.99. The van der Waals surface area contributed by atoms with E-state index < -0.39 is 17.4 Å². The Morgan fingerprint density at radius 2 is 1.67 bits per heavy atom. The van der Waals surface area contributed by atoms with Crippen molar-refractivity contribution < 1.29 is 19.1 Å². The fourth-order valence-electron chi connectivity index (χ4n) is 2.79. The molecule has 1 aromatic rings. The van der Waals surface area contributed by atoms with Gasteiger partial charge in [-0.3, -0.25) is 9.59 Å². The highest BCUT2D eigenvalue weighted by Crippen LogP contribution is 2.47. The van der Waals surface area contributed by atoms with Crippen LogP contribution in [0.1, 0.15) is 38.2 Å². The number of carbonyl (C=O) groups excluding carboxylic acids is 2. The zero-order chi connectivity index (χ0) is 15.3. The average molecular weight is 289 g/mol. The van der Waals surface area contributed by atoms with Crippen LogP contribution in [0.5, 0.6) is 0 Å². The van der Waals surface area contributed by atoms with Gasteiger partial charge >= 0.3 is 11.9 Å². The predicted molar refractivity (Wildman–Crippen MR) is 78.4 cm³/mol. The molecule has 1 fully saturated rings. The number of esters is 2. The van der Waals surface area contributed by atoms with Gasteiger partial charge in [0.2, 0.25) is 0 Å². The molecule has 2 rings (SSSR count). The Bertz CT molecular complexity index is 477. The minimum absolute atomic E-state index is 0.0695. The summed E-state index contributed by atoms with van der Waals surface area (Å²) in [6, 6.07) is 9.87. The van der Waals surface area contributed by atoms with Gasteiger partial charge in [0.1, 0.15) is 0 Å². The van der Waals surface area contributed by atoms with E-state index in [0.29, 0.717) is 12.8 Å². The molecular weight excluding hydrogens is 268 g/mol. The Morgan fingerprint density at radius 1 is 1.10 bits per heavy atom.